The summed E-state index contributed by atoms with van der Waals surface area (Å²) in [6.07, 6.45) is 10.1. The first kappa shape index (κ1) is 24.4. The molecule has 0 saturated heterocycles. The van der Waals surface area contributed by atoms with Gasteiger partial charge in [0.05, 0.1) is 13.2 Å². The highest BCUT2D eigenvalue weighted by Crippen LogP contribution is 2.20. The number of unbranched alkanes of at least 4 members (excludes halogenated alkanes) is 1. The van der Waals surface area contributed by atoms with Crippen molar-refractivity contribution in [1.82, 2.24) is 10.6 Å². The summed E-state index contributed by atoms with van der Waals surface area (Å²) >= 11 is 0. The van der Waals surface area contributed by atoms with Crippen LogP contribution in [0.5, 0.6) is 0 Å². The molecule has 0 spiro atoms. The maximum absolute atomic E-state index is 11.0. The predicted molar refractivity (Wildman–Crippen MR) is 113 cm³/mol. The van der Waals surface area contributed by atoms with Gasteiger partial charge in [-0.15, -0.1) is 24.0 Å². The zero-order valence-electron chi connectivity index (χ0n) is 15.8. The monoisotopic (exact) mass is 469 g/mol. The van der Waals surface area contributed by atoms with E-state index in [1.165, 1.54) is 39.2 Å². The molecule has 0 aromatic heterocycles. The van der Waals surface area contributed by atoms with E-state index in [4.69, 9.17) is 4.74 Å². The van der Waals surface area contributed by atoms with Crippen LogP contribution in [0.4, 0.5) is 0 Å². The second-order valence-electron chi connectivity index (χ2n) is 6.21. The second kappa shape index (κ2) is 16.9. The molecule has 0 unspecified atom stereocenters. The van der Waals surface area contributed by atoms with Crippen LogP contribution >= 0.6 is 24.0 Å². The van der Waals surface area contributed by atoms with Crippen molar-refractivity contribution in [3.63, 3.8) is 0 Å². The number of esters is 1. The maximum atomic E-state index is 11.0. The van der Waals surface area contributed by atoms with E-state index in [0.717, 1.165) is 51.5 Å². The Kier molecular flexibility index (Phi) is 16.5. The van der Waals surface area contributed by atoms with E-state index >= 15 is 0 Å². The summed E-state index contributed by atoms with van der Waals surface area (Å²) in [5.74, 6) is 0.696. The van der Waals surface area contributed by atoms with Gasteiger partial charge in [-0.2, -0.15) is 0 Å². The van der Waals surface area contributed by atoms with Crippen molar-refractivity contribution in [1.29, 1.82) is 0 Å². The largest absolute Gasteiger partial charge is 0.469 e. The van der Waals surface area contributed by atoms with Crippen molar-refractivity contribution < 1.29 is 14.3 Å². The molecule has 1 saturated carbocycles. The van der Waals surface area contributed by atoms with Gasteiger partial charge in [0.25, 0.3) is 0 Å². The Morgan fingerprint density at radius 2 is 1.88 bits per heavy atom. The molecule has 0 aromatic rings. The van der Waals surface area contributed by atoms with Crippen LogP contribution in [0.15, 0.2) is 4.99 Å². The number of hydrogen-bond donors (Lipinski definition) is 2. The third-order valence-electron chi connectivity index (χ3n) is 4.15. The van der Waals surface area contributed by atoms with Crippen molar-refractivity contribution >= 4 is 35.9 Å². The molecule has 1 rings (SSSR count). The number of carbonyl (C=O) groups is 1. The highest BCUT2D eigenvalue weighted by Gasteiger charge is 2.12. The Hall–Kier alpha value is -0.570. The van der Waals surface area contributed by atoms with Gasteiger partial charge in [-0.25, -0.2) is 0 Å². The SMILES string of the molecule is CCNC(=NCCCOC1CCCCC1)NCCCCC(=O)OC.I. The smallest absolute Gasteiger partial charge is 0.305 e. The predicted octanol–water partition coefficient (Wildman–Crippen LogP) is 3.24. The first-order valence-electron chi connectivity index (χ1n) is 9.46. The molecule has 0 atom stereocenters. The molecule has 6 nitrogen and oxygen atoms in total. The molecule has 1 aliphatic rings. The fourth-order valence-electron chi connectivity index (χ4n) is 2.78. The number of aliphatic imine (C=N–C) groups is 1. The highest BCUT2D eigenvalue weighted by molar-refractivity contribution is 14.0. The Bertz CT molecular complexity index is 361. The zero-order chi connectivity index (χ0) is 17.5. The molecule has 0 aliphatic heterocycles. The summed E-state index contributed by atoms with van der Waals surface area (Å²) in [5.41, 5.74) is 0. The Balaban J connectivity index is 0.00000576. The van der Waals surface area contributed by atoms with Crippen LogP contribution in [0.1, 0.15) is 64.7 Å². The summed E-state index contributed by atoms with van der Waals surface area (Å²) in [7, 11) is 1.43. The molecule has 7 heteroatoms. The average Bonchev–Trinajstić information content (AvgIpc) is 2.61. The first-order chi connectivity index (χ1) is 11.8. The summed E-state index contributed by atoms with van der Waals surface area (Å²) in [6.45, 7) is 5.27. The van der Waals surface area contributed by atoms with E-state index in [1.807, 2.05) is 0 Å². The Morgan fingerprint density at radius 1 is 1.12 bits per heavy atom. The number of guanidine groups is 1. The van der Waals surface area contributed by atoms with E-state index in [0.29, 0.717) is 12.5 Å². The fraction of sp³-hybridized carbons (Fsp3) is 0.889. The zero-order valence-corrected chi connectivity index (χ0v) is 18.2. The molecular formula is C18H36IN3O3. The molecule has 1 aliphatic carbocycles. The van der Waals surface area contributed by atoms with Gasteiger partial charge < -0.3 is 20.1 Å². The number of ether oxygens (including phenoxy) is 2. The fourth-order valence-corrected chi connectivity index (χ4v) is 2.78. The highest BCUT2D eigenvalue weighted by atomic mass is 127. The lowest BCUT2D eigenvalue weighted by atomic mass is 9.98. The lowest BCUT2D eigenvalue weighted by Crippen LogP contribution is -2.38. The van der Waals surface area contributed by atoms with Crippen molar-refractivity contribution in [3.05, 3.63) is 0 Å². The van der Waals surface area contributed by atoms with E-state index in [1.54, 1.807) is 0 Å². The minimum atomic E-state index is -0.145. The van der Waals surface area contributed by atoms with Crippen molar-refractivity contribution in [3.8, 4) is 0 Å². The summed E-state index contributed by atoms with van der Waals surface area (Å²) in [6, 6.07) is 0. The van der Waals surface area contributed by atoms with E-state index in [-0.39, 0.29) is 29.9 Å². The van der Waals surface area contributed by atoms with E-state index in [2.05, 4.69) is 27.3 Å². The molecule has 148 valence electrons. The number of carbonyl (C=O) groups excluding carboxylic acids is 1. The Morgan fingerprint density at radius 3 is 2.56 bits per heavy atom. The molecule has 0 aromatic carbocycles. The quantitative estimate of drug-likeness (QED) is 0.160. The van der Waals surface area contributed by atoms with Crippen molar-refractivity contribution in [2.24, 2.45) is 4.99 Å². The number of nitrogens with one attached hydrogen (secondary N) is 2. The van der Waals surface area contributed by atoms with Gasteiger partial charge in [-0.05, 0) is 39.0 Å². The number of hydrogen-bond acceptors (Lipinski definition) is 4. The van der Waals surface area contributed by atoms with Crippen LogP contribution in [-0.4, -0.2) is 51.4 Å². The lowest BCUT2D eigenvalue weighted by Gasteiger charge is -2.21. The van der Waals surface area contributed by atoms with E-state index in [9.17, 15) is 4.79 Å². The molecular weight excluding hydrogens is 433 g/mol. The molecule has 0 heterocycles. The molecule has 25 heavy (non-hydrogen) atoms. The summed E-state index contributed by atoms with van der Waals surface area (Å²) < 4.78 is 10.5. The minimum absolute atomic E-state index is 0. The lowest BCUT2D eigenvalue weighted by molar-refractivity contribution is -0.140. The summed E-state index contributed by atoms with van der Waals surface area (Å²) in [5, 5.41) is 6.54. The normalized spacial score (nSPS) is 15.4. The molecule has 0 amide bonds. The average molecular weight is 469 g/mol. The second-order valence-corrected chi connectivity index (χ2v) is 6.21. The summed E-state index contributed by atoms with van der Waals surface area (Å²) in [4.78, 5) is 15.6. The number of rotatable bonds is 11. The van der Waals surface area contributed by atoms with Crippen LogP contribution in [-0.2, 0) is 14.3 Å². The minimum Gasteiger partial charge on any atom is -0.469 e. The third kappa shape index (κ3) is 13.3. The topological polar surface area (TPSA) is 72.0 Å². The molecule has 2 N–H and O–H groups in total. The number of methoxy groups -OCH3 is 1. The third-order valence-corrected chi connectivity index (χ3v) is 4.15. The first-order valence-corrected chi connectivity index (χ1v) is 9.46. The van der Waals surface area contributed by atoms with E-state index < -0.39 is 0 Å². The number of halogens is 1. The van der Waals surface area contributed by atoms with Crippen LogP contribution in [0.3, 0.4) is 0 Å². The molecule has 0 bridgehead atoms. The van der Waals surface area contributed by atoms with Gasteiger partial charge >= 0.3 is 5.97 Å². The maximum Gasteiger partial charge on any atom is 0.305 e. The molecule has 1 fully saturated rings. The standard InChI is InChI=1S/C18H35N3O3.HI/c1-3-19-18(20-13-8-7-12-17(22)23-2)21-14-9-15-24-16-10-5-4-6-11-16;/h16H,3-15H2,1-2H3,(H2,19,20,21);1H. The van der Waals surface area contributed by atoms with Gasteiger partial charge in [0, 0.05) is 32.7 Å². The van der Waals surface area contributed by atoms with Gasteiger partial charge in [0.1, 0.15) is 0 Å². The van der Waals surface area contributed by atoms with Gasteiger partial charge in [0.2, 0.25) is 0 Å². The van der Waals surface area contributed by atoms with Gasteiger partial charge in [-0.3, -0.25) is 9.79 Å². The van der Waals surface area contributed by atoms with Crippen molar-refractivity contribution in [2.45, 2.75) is 70.8 Å². The van der Waals surface area contributed by atoms with Crippen LogP contribution in [0.25, 0.3) is 0 Å². The van der Waals surface area contributed by atoms with Crippen LogP contribution < -0.4 is 10.6 Å². The van der Waals surface area contributed by atoms with Crippen LogP contribution in [0.2, 0.25) is 0 Å². The van der Waals surface area contributed by atoms with Crippen LogP contribution in [0, 0.1) is 0 Å². The van der Waals surface area contributed by atoms with Gasteiger partial charge in [0.15, 0.2) is 5.96 Å². The van der Waals surface area contributed by atoms with Crippen molar-refractivity contribution in [2.75, 3.05) is 33.4 Å². The van der Waals surface area contributed by atoms with Gasteiger partial charge in [-0.1, -0.05) is 19.3 Å². The molecule has 0 radical (unpaired) electrons. The Labute approximate surface area is 169 Å². The number of nitrogens with zero attached hydrogens (tertiary/aromatic N) is 1.